The molecule has 1 aliphatic rings. The first kappa shape index (κ1) is 16.5. The van der Waals surface area contributed by atoms with Crippen molar-refractivity contribution in [2.45, 2.75) is 46.0 Å². The van der Waals surface area contributed by atoms with E-state index in [2.05, 4.69) is 17.5 Å². The number of carbonyl (C=O) groups is 2. The summed E-state index contributed by atoms with van der Waals surface area (Å²) in [5.74, 6) is 0.216. The number of urea groups is 1. The van der Waals surface area contributed by atoms with Crippen LogP contribution in [0, 0.1) is 0 Å². The molecule has 0 radical (unpaired) electrons. The Hall–Kier alpha value is -1.59. The van der Waals surface area contributed by atoms with Gasteiger partial charge in [-0.15, -0.1) is 0 Å². The topological polar surface area (TPSA) is 65.0 Å². The van der Waals surface area contributed by atoms with Gasteiger partial charge in [-0.25, -0.2) is 10.2 Å². The summed E-state index contributed by atoms with van der Waals surface area (Å²) in [6.45, 7) is 6.30. The van der Waals surface area contributed by atoms with Gasteiger partial charge < -0.3 is 9.80 Å². The third kappa shape index (κ3) is 5.59. The Kier molecular flexibility index (Phi) is 7.69. The summed E-state index contributed by atoms with van der Waals surface area (Å²) in [6.07, 6.45) is 6.64. The molecule has 6 nitrogen and oxygen atoms in total. The second kappa shape index (κ2) is 9.34. The molecule has 3 amide bonds. The van der Waals surface area contributed by atoms with Crippen LogP contribution in [0.4, 0.5) is 4.79 Å². The first-order chi connectivity index (χ1) is 9.69. The fourth-order valence-corrected chi connectivity index (χ4v) is 2.21. The van der Waals surface area contributed by atoms with Crippen LogP contribution < -0.4 is 5.43 Å². The molecule has 0 bridgehead atoms. The number of nitrogens with zero attached hydrogens (tertiary/aromatic N) is 3. The Morgan fingerprint density at radius 1 is 1.10 bits per heavy atom. The van der Waals surface area contributed by atoms with Crippen LogP contribution in [0.1, 0.15) is 46.0 Å². The predicted molar refractivity (Wildman–Crippen MR) is 79.6 cm³/mol. The number of hydrogen-bond acceptors (Lipinski definition) is 3. The van der Waals surface area contributed by atoms with Gasteiger partial charge in [0.25, 0.3) is 0 Å². The second-order valence-electron chi connectivity index (χ2n) is 4.98. The number of amides is 3. The van der Waals surface area contributed by atoms with E-state index in [9.17, 15) is 9.59 Å². The van der Waals surface area contributed by atoms with Crippen LogP contribution in [-0.2, 0) is 4.79 Å². The van der Waals surface area contributed by atoms with E-state index in [1.165, 1.54) is 19.1 Å². The number of carbonyl (C=O) groups excluding carboxylic acids is 2. The Morgan fingerprint density at radius 3 is 2.35 bits per heavy atom. The molecule has 0 aromatic rings. The van der Waals surface area contributed by atoms with Crippen LogP contribution in [0.25, 0.3) is 0 Å². The largest absolute Gasteiger partial charge is 0.339 e. The maximum Gasteiger partial charge on any atom is 0.337 e. The second-order valence-corrected chi connectivity index (χ2v) is 4.98. The van der Waals surface area contributed by atoms with Gasteiger partial charge in [0.15, 0.2) is 0 Å². The average Bonchev–Trinajstić information content (AvgIpc) is 2.49. The molecule has 20 heavy (non-hydrogen) atoms. The lowest BCUT2D eigenvalue weighted by Gasteiger charge is -2.34. The number of hydrogen-bond donors (Lipinski definition) is 1. The Morgan fingerprint density at radius 2 is 1.75 bits per heavy atom. The van der Waals surface area contributed by atoms with Crippen LogP contribution >= 0.6 is 0 Å². The summed E-state index contributed by atoms with van der Waals surface area (Å²) in [6, 6.07) is -0.196. The zero-order valence-electron chi connectivity index (χ0n) is 12.6. The average molecular weight is 282 g/mol. The van der Waals surface area contributed by atoms with Gasteiger partial charge >= 0.3 is 6.03 Å². The summed E-state index contributed by atoms with van der Waals surface area (Å²) in [4.78, 5) is 27.2. The van der Waals surface area contributed by atoms with E-state index in [1.807, 2.05) is 4.90 Å². The molecule has 1 fully saturated rings. The molecule has 114 valence electrons. The zero-order chi connectivity index (χ0) is 14.8. The number of piperazine rings is 1. The fourth-order valence-electron chi connectivity index (χ4n) is 2.21. The van der Waals surface area contributed by atoms with Crippen molar-refractivity contribution in [1.82, 2.24) is 15.2 Å². The van der Waals surface area contributed by atoms with E-state index in [-0.39, 0.29) is 11.9 Å². The van der Waals surface area contributed by atoms with Crippen molar-refractivity contribution in [3.05, 3.63) is 0 Å². The van der Waals surface area contributed by atoms with E-state index in [0.29, 0.717) is 32.6 Å². The molecular weight excluding hydrogens is 256 g/mol. The van der Waals surface area contributed by atoms with E-state index < -0.39 is 0 Å². The lowest BCUT2D eigenvalue weighted by Crippen LogP contribution is -2.52. The Bertz CT molecular complexity index is 336. The minimum absolute atomic E-state index is 0.196. The highest BCUT2D eigenvalue weighted by atomic mass is 16.2. The van der Waals surface area contributed by atoms with Gasteiger partial charge in [0.1, 0.15) is 0 Å². The summed E-state index contributed by atoms with van der Waals surface area (Å²) >= 11 is 0. The standard InChI is InChI=1S/C14H26N4O2/c1-3-5-6-7-8-13(19)17-9-11-18(12-10-17)14(20)16-15-4-2/h4H,3,5-12H2,1-2H3,(H,16,20)/b15-4+. The highest BCUT2D eigenvalue weighted by molar-refractivity contribution is 5.77. The van der Waals surface area contributed by atoms with Crippen LogP contribution in [0.5, 0.6) is 0 Å². The summed E-state index contributed by atoms with van der Waals surface area (Å²) in [5, 5.41) is 3.71. The third-order valence-corrected chi connectivity index (χ3v) is 3.45. The predicted octanol–water partition coefficient (Wildman–Crippen LogP) is 1.82. The van der Waals surface area contributed by atoms with E-state index in [0.717, 1.165) is 12.8 Å². The molecule has 0 unspecified atom stereocenters. The first-order valence-corrected chi connectivity index (χ1v) is 7.49. The van der Waals surface area contributed by atoms with Crippen molar-refractivity contribution < 1.29 is 9.59 Å². The Labute approximate surface area is 121 Å². The van der Waals surface area contributed by atoms with Crippen LogP contribution in [0.3, 0.4) is 0 Å². The molecule has 1 N–H and O–H groups in total. The van der Waals surface area contributed by atoms with Crippen molar-refractivity contribution in [2.24, 2.45) is 5.10 Å². The van der Waals surface area contributed by atoms with Crippen LogP contribution in [0.2, 0.25) is 0 Å². The minimum Gasteiger partial charge on any atom is -0.339 e. The number of nitrogens with one attached hydrogen (secondary N) is 1. The molecule has 0 spiro atoms. The third-order valence-electron chi connectivity index (χ3n) is 3.45. The van der Waals surface area contributed by atoms with Gasteiger partial charge in [0.05, 0.1) is 0 Å². The first-order valence-electron chi connectivity index (χ1n) is 7.49. The molecule has 1 rings (SSSR count). The molecular formula is C14H26N4O2. The number of hydrazone groups is 1. The van der Waals surface area contributed by atoms with Gasteiger partial charge in [0.2, 0.25) is 5.91 Å². The van der Waals surface area contributed by atoms with Gasteiger partial charge in [-0.3, -0.25) is 4.79 Å². The van der Waals surface area contributed by atoms with Crippen molar-refractivity contribution >= 4 is 18.2 Å². The molecule has 1 saturated heterocycles. The molecule has 0 atom stereocenters. The normalized spacial score (nSPS) is 15.7. The van der Waals surface area contributed by atoms with E-state index in [1.54, 1.807) is 11.8 Å². The van der Waals surface area contributed by atoms with Gasteiger partial charge in [-0.2, -0.15) is 5.10 Å². The van der Waals surface area contributed by atoms with Crippen molar-refractivity contribution in [1.29, 1.82) is 0 Å². The molecule has 0 aromatic carbocycles. The quantitative estimate of drug-likeness (QED) is 0.459. The molecule has 1 aliphatic heterocycles. The van der Waals surface area contributed by atoms with Crippen molar-refractivity contribution in [3.8, 4) is 0 Å². The lowest BCUT2D eigenvalue weighted by molar-refractivity contribution is -0.132. The lowest BCUT2D eigenvalue weighted by atomic mass is 10.1. The highest BCUT2D eigenvalue weighted by Gasteiger charge is 2.23. The zero-order valence-corrected chi connectivity index (χ0v) is 12.6. The van der Waals surface area contributed by atoms with Gasteiger partial charge in [0, 0.05) is 38.8 Å². The maximum absolute atomic E-state index is 12.0. The molecule has 1 heterocycles. The van der Waals surface area contributed by atoms with Gasteiger partial charge in [-0.1, -0.05) is 26.2 Å². The summed E-state index contributed by atoms with van der Waals surface area (Å²) in [5.41, 5.74) is 2.45. The number of unbranched alkanes of at least 4 members (excludes halogenated alkanes) is 3. The summed E-state index contributed by atoms with van der Waals surface area (Å²) < 4.78 is 0. The minimum atomic E-state index is -0.196. The SMILES string of the molecule is C/C=N/NC(=O)N1CCN(C(=O)CCCCCC)CC1. The van der Waals surface area contributed by atoms with Crippen molar-refractivity contribution in [3.63, 3.8) is 0 Å². The summed E-state index contributed by atoms with van der Waals surface area (Å²) in [7, 11) is 0. The molecule has 0 aromatic heterocycles. The Balaban J connectivity index is 2.24. The molecule has 0 saturated carbocycles. The molecule has 0 aliphatic carbocycles. The smallest absolute Gasteiger partial charge is 0.337 e. The number of rotatable bonds is 6. The maximum atomic E-state index is 12.0. The van der Waals surface area contributed by atoms with Crippen LogP contribution in [-0.4, -0.2) is 54.1 Å². The molecule has 6 heteroatoms. The fraction of sp³-hybridized carbons (Fsp3) is 0.786. The van der Waals surface area contributed by atoms with E-state index >= 15 is 0 Å². The van der Waals surface area contributed by atoms with Crippen molar-refractivity contribution in [2.75, 3.05) is 26.2 Å². The highest BCUT2D eigenvalue weighted by Crippen LogP contribution is 2.08. The van der Waals surface area contributed by atoms with Gasteiger partial charge in [-0.05, 0) is 13.3 Å². The monoisotopic (exact) mass is 282 g/mol. The van der Waals surface area contributed by atoms with Crippen LogP contribution in [0.15, 0.2) is 5.10 Å². The van der Waals surface area contributed by atoms with E-state index in [4.69, 9.17) is 0 Å².